The summed E-state index contributed by atoms with van der Waals surface area (Å²) in [5.74, 6) is 0.202. The van der Waals surface area contributed by atoms with Crippen LogP contribution >= 0.6 is 11.6 Å². The third-order valence-electron chi connectivity index (χ3n) is 4.14. The molecular weight excluding hydrogens is 280 g/mol. The molecule has 0 radical (unpaired) electrons. The molecule has 1 aromatic rings. The first-order valence-electron chi connectivity index (χ1n) is 6.63. The molecule has 0 aliphatic heterocycles. The molecule has 0 aromatic heterocycles. The van der Waals surface area contributed by atoms with Gasteiger partial charge in [0.05, 0.1) is 24.7 Å². The molecule has 1 saturated carbocycles. The summed E-state index contributed by atoms with van der Waals surface area (Å²) < 4.78 is 10.7. The summed E-state index contributed by atoms with van der Waals surface area (Å²) in [4.78, 5) is 11.9. The van der Waals surface area contributed by atoms with Crippen molar-refractivity contribution in [3.63, 3.8) is 0 Å². The highest BCUT2D eigenvalue weighted by Crippen LogP contribution is 2.51. The second-order valence-electron chi connectivity index (χ2n) is 5.21. The van der Waals surface area contributed by atoms with Gasteiger partial charge >= 0.3 is 5.97 Å². The standard InChI is InChI=1S/C15H19ClO4/c1-9-8-10(19-2)11(12(16)13(9)20-3)15(14(17)18)6-4-5-7-15/h8H,4-7H2,1-3H3,(H,17,18). The minimum atomic E-state index is -0.969. The second-order valence-corrected chi connectivity index (χ2v) is 5.59. The molecule has 0 spiro atoms. The Morgan fingerprint density at radius 1 is 1.30 bits per heavy atom. The summed E-state index contributed by atoms with van der Waals surface area (Å²) in [6.45, 7) is 1.86. The van der Waals surface area contributed by atoms with Gasteiger partial charge in [0.25, 0.3) is 0 Å². The van der Waals surface area contributed by atoms with Crippen LogP contribution < -0.4 is 9.47 Å². The van der Waals surface area contributed by atoms with E-state index in [2.05, 4.69) is 0 Å². The first kappa shape index (κ1) is 15.0. The monoisotopic (exact) mass is 298 g/mol. The number of hydrogen-bond acceptors (Lipinski definition) is 3. The van der Waals surface area contributed by atoms with Crippen LogP contribution in [-0.2, 0) is 10.2 Å². The Kier molecular flexibility index (Phi) is 4.14. The summed E-state index contributed by atoms with van der Waals surface area (Å²) >= 11 is 6.44. The van der Waals surface area contributed by atoms with Gasteiger partial charge in [0.1, 0.15) is 11.5 Å². The molecule has 110 valence electrons. The van der Waals surface area contributed by atoms with Crippen molar-refractivity contribution < 1.29 is 19.4 Å². The lowest BCUT2D eigenvalue weighted by atomic mass is 9.78. The summed E-state index contributed by atoms with van der Waals surface area (Å²) in [6.07, 6.45) is 2.90. The fraction of sp³-hybridized carbons (Fsp3) is 0.533. The molecule has 4 nitrogen and oxygen atoms in total. The van der Waals surface area contributed by atoms with Gasteiger partial charge in [0, 0.05) is 5.56 Å². The largest absolute Gasteiger partial charge is 0.496 e. The van der Waals surface area contributed by atoms with Crippen molar-refractivity contribution in [3.05, 3.63) is 22.2 Å². The van der Waals surface area contributed by atoms with E-state index in [4.69, 9.17) is 21.1 Å². The molecule has 0 atom stereocenters. The highest BCUT2D eigenvalue weighted by molar-refractivity contribution is 6.33. The van der Waals surface area contributed by atoms with Gasteiger partial charge in [0.15, 0.2) is 0 Å². The maximum atomic E-state index is 11.9. The molecule has 1 N–H and O–H groups in total. The Hall–Kier alpha value is -1.42. The number of carboxylic acids is 1. The van der Waals surface area contributed by atoms with E-state index in [9.17, 15) is 9.90 Å². The Labute approximate surface area is 123 Å². The molecule has 1 aromatic carbocycles. The molecule has 1 fully saturated rings. The average molecular weight is 299 g/mol. The van der Waals surface area contributed by atoms with Gasteiger partial charge in [-0.2, -0.15) is 0 Å². The SMILES string of the molecule is COc1cc(C)c(OC)c(Cl)c1C1(C(=O)O)CCCC1. The van der Waals surface area contributed by atoms with Gasteiger partial charge in [-0.3, -0.25) is 4.79 Å². The summed E-state index contributed by atoms with van der Waals surface area (Å²) in [7, 11) is 3.07. The van der Waals surface area contributed by atoms with Crippen molar-refractivity contribution in [2.45, 2.75) is 38.0 Å². The van der Waals surface area contributed by atoms with E-state index in [-0.39, 0.29) is 0 Å². The van der Waals surface area contributed by atoms with Crippen LogP contribution in [0.25, 0.3) is 0 Å². The zero-order chi connectivity index (χ0) is 14.9. The van der Waals surface area contributed by atoms with E-state index in [1.807, 2.05) is 6.92 Å². The number of carbonyl (C=O) groups is 1. The van der Waals surface area contributed by atoms with Gasteiger partial charge in [0.2, 0.25) is 0 Å². The number of halogens is 1. The number of methoxy groups -OCH3 is 2. The predicted molar refractivity (Wildman–Crippen MR) is 77.1 cm³/mol. The quantitative estimate of drug-likeness (QED) is 0.923. The lowest BCUT2D eigenvalue weighted by molar-refractivity contribution is -0.143. The number of benzene rings is 1. The van der Waals surface area contributed by atoms with Crippen LogP contribution in [0.1, 0.15) is 36.8 Å². The maximum Gasteiger partial charge on any atom is 0.314 e. The molecule has 20 heavy (non-hydrogen) atoms. The van der Waals surface area contributed by atoms with Crippen molar-refractivity contribution in [3.8, 4) is 11.5 Å². The van der Waals surface area contributed by atoms with Gasteiger partial charge in [-0.05, 0) is 31.4 Å². The highest BCUT2D eigenvalue weighted by atomic mass is 35.5. The normalized spacial score (nSPS) is 17.0. The predicted octanol–water partition coefficient (Wildman–Crippen LogP) is 3.56. The first-order chi connectivity index (χ1) is 9.47. The molecule has 2 rings (SSSR count). The summed E-state index contributed by atoms with van der Waals surface area (Å²) in [6, 6.07) is 1.79. The molecule has 1 aliphatic rings. The van der Waals surface area contributed by atoms with Crippen molar-refractivity contribution in [2.24, 2.45) is 0 Å². The van der Waals surface area contributed by atoms with Crippen LogP contribution in [0.2, 0.25) is 5.02 Å². The van der Waals surface area contributed by atoms with Gasteiger partial charge in [-0.25, -0.2) is 0 Å². The van der Waals surface area contributed by atoms with Gasteiger partial charge in [-0.1, -0.05) is 24.4 Å². The molecule has 1 aliphatic carbocycles. The molecule has 0 heterocycles. The summed E-state index contributed by atoms with van der Waals surface area (Å²) in [5.41, 5.74) is 0.411. The van der Waals surface area contributed by atoms with Crippen LogP contribution in [0, 0.1) is 6.92 Å². The van der Waals surface area contributed by atoms with Crippen LogP contribution in [0.5, 0.6) is 11.5 Å². The number of aryl methyl sites for hydroxylation is 1. The third-order valence-corrected chi connectivity index (χ3v) is 4.50. The number of aliphatic carboxylic acids is 1. The Balaban J connectivity index is 2.74. The topological polar surface area (TPSA) is 55.8 Å². The van der Waals surface area contributed by atoms with Crippen molar-refractivity contribution >= 4 is 17.6 Å². The van der Waals surface area contributed by atoms with E-state index in [1.165, 1.54) is 14.2 Å². The smallest absolute Gasteiger partial charge is 0.314 e. The van der Waals surface area contributed by atoms with Crippen LogP contribution in [0.4, 0.5) is 0 Å². The molecule has 0 unspecified atom stereocenters. The van der Waals surface area contributed by atoms with E-state index < -0.39 is 11.4 Å². The lowest BCUT2D eigenvalue weighted by Gasteiger charge is -2.28. The first-order valence-corrected chi connectivity index (χ1v) is 7.00. The molecule has 5 heteroatoms. The molecule has 0 saturated heterocycles. The van der Waals surface area contributed by atoms with E-state index in [0.29, 0.717) is 34.9 Å². The van der Waals surface area contributed by atoms with Crippen LogP contribution in [-0.4, -0.2) is 25.3 Å². The number of hydrogen-bond donors (Lipinski definition) is 1. The zero-order valence-electron chi connectivity index (χ0n) is 12.0. The molecule has 0 amide bonds. The van der Waals surface area contributed by atoms with Crippen LogP contribution in [0.3, 0.4) is 0 Å². The number of carboxylic acid groups (broad SMARTS) is 1. The van der Waals surface area contributed by atoms with Crippen molar-refractivity contribution in [1.29, 1.82) is 0 Å². The highest BCUT2D eigenvalue weighted by Gasteiger charge is 2.47. The minimum absolute atomic E-state index is 0.355. The zero-order valence-corrected chi connectivity index (χ0v) is 12.7. The fourth-order valence-corrected chi connectivity index (χ4v) is 3.64. The van der Waals surface area contributed by atoms with E-state index in [0.717, 1.165) is 18.4 Å². The van der Waals surface area contributed by atoms with E-state index in [1.54, 1.807) is 6.07 Å². The van der Waals surface area contributed by atoms with Crippen LogP contribution in [0.15, 0.2) is 6.07 Å². The molecular formula is C15H19ClO4. The third kappa shape index (κ3) is 2.12. The van der Waals surface area contributed by atoms with Gasteiger partial charge < -0.3 is 14.6 Å². The second kappa shape index (κ2) is 5.52. The van der Waals surface area contributed by atoms with Crippen molar-refractivity contribution in [2.75, 3.05) is 14.2 Å². The lowest BCUT2D eigenvalue weighted by Crippen LogP contribution is -2.33. The Bertz CT molecular complexity index is 533. The Morgan fingerprint density at radius 3 is 2.35 bits per heavy atom. The maximum absolute atomic E-state index is 11.9. The van der Waals surface area contributed by atoms with E-state index >= 15 is 0 Å². The molecule has 0 bridgehead atoms. The minimum Gasteiger partial charge on any atom is -0.496 e. The fourth-order valence-electron chi connectivity index (χ4n) is 3.14. The average Bonchev–Trinajstić information content (AvgIpc) is 2.88. The summed E-state index contributed by atoms with van der Waals surface area (Å²) in [5, 5.41) is 10.1. The number of rotatable bonds is 4. The van der Waals surface area contributed by atoms with Crippen molar-refractivity contribution in [1.82, 2.24) is 0 Å². The Morgan fingerprint density at radius 2 is 1.90 bits per heavy atom. The number of ether oxygens (including phenoxy) is 2. The van der Waals surface area contributed by atoms with Gasteiger partial charge in [-0.15, -0.1) is 0 Å².